The number of fused-ring (bicyclic) bond motifs is 4. The number of ether oxygens (including phenoxy) is 1. The second kappa shape index (κ2) is 9.43. The molecule has 5 heteroatoms. The quantitative estimate of drug-likeness (QED) is 0.263. The molecule has 6 aromatic rings. The lowest BCUT2D eigenvalue weighted by atomic mass is 10.1. The number of benzene rings is 4. The molecule has 0 unspecified atom stereocenters. The van der Waals surface area contributed by atoms with Crippen molar-refractivity contribution in [2.75, 3.05) is 11.9 Å². The predicted molar refractivity (Wildman–Crippen MR) is 151 cm³/mol. The van der Waals surface area contributed by atoms with Gasteiger partial charge in [0.05, 0.1) is 17.8 Å². The summed E-state index contributed by atoms with van der Waals surface area (Å²) < 4.78 is 8.26. The topological polar surface area (TPSA) is 56.1 Å². The lowest BCUT2D eigenvalue weighted by molar-refractivity contribution is 0.102. The summed E-state index contributed by atoms with van der Waals surface area (Å²) in [6.07, 6.45) is 0. The maximum absolute atomic E-state index is 13.3. The van der Waals surface area contributed by atoms with Crippen molar-refractivity contribution in [1.29, 1.82) is 0 Å². The van der Waals surface area contributed by atoms with Gasteiger partial charge < -0.3 is 14.6 Å². The Morgan fingerprint density at radius 1 is 0.811 bits per heavy atom. The molecule has 0 saturated carbocycles. The lowest BCUT2D eigenvalue weighted by Crippen LogP contribution is -2.12. The van der Waals surface area contributed by atoms with Crippen molar-refractivity contribution in [2.45, 2.75) is 20.4 Å². The third kappa shape index (κ3) is 4.08. The van der Waals surface area contributed by atoms with Gasteiger partial charge >= 0.3 is 0 Å². The van der Waals surface area contributed by atoms with E-state index in [1.54, 1.807) is 0 Å². The van der Waals surface area contributed by atoms with Crippen LogP contribution in [-0.2, 0) is 6.54 Å². The maximum Gasteiger partial charge on any atom is 0.255 e. The molecule has 1 amide bonds. The Morgan fingerprint density at radius 3 is 2.41 bits per heavy atom. The lowest BCUT2D eigenvalue weighted by Gasteiger charge is -2.12. The van der Waals surface area contributed by atoms with Crippen LogP contribution >= 0.6 is 0 Å². The number of hydrogen-bond donors (Lipinski definition) is 1. The van der Waals surface area contributed by atoms with E-state index in [1.807, 2.05) is 67.6 Å². The van der Waals surface area contributed by atoms with E-state index >= 15 is 0 Å². The molecule has 2 aromatic heterocycles. The van der Waals surface area contributed by atoms with Gasteiger partial charge in [-0.25, -0.2) is 4.98 Å². The van der Waals surface area contributed by atoms with Crippen LogP contribution in [0.2, 0.25) is 0 Å². The van der Waals surface area contributed by atoms with Gasteiger partial charge in [0, 0.05) is 56.6 Å². The van der Waals surface area contributed by atoms with Crippen LogP contribution < -0.4 is 10.1 Å². The predicted octanol–water partition coefficient (Wildman–Crippen LogP) is 7.68. The fourth-order valence-electron chi connectivity index (χ4n) is 5.04. The molecule has 0 spiro atoms. The first kappa shape index (κ1) is 22.8. The highest BCUT2D eigenvalue weighted by Crippen LogP contribution is 2.33. The van der Waals surface area contributed by atoms with Gasteiger partial charge in [-0.1, -0.05) is 48.5 Å². The Balaban J connectivity index is 1.36. The van der Waals surface area contributed by atoms with Crippen molar-refractivity contribution in [1.82, 2.24) is 9.55 Å². The number of rotatable bonds is 6. The summed E-state index contributed by atoms with van der Waals surface area (Å²) in [4.78, 5) is 18.1. The fourth-order valence-corrected chi connectivity index (χ4v) is 5.04. The molecule has 0 aliphatic carbocycles. The van der Waals surface area contributed by atoms with Gasteiger partial charge in [-0.2, -0.15) is 0 Å². The van der Waals surface area contributed by atoms with E-state index in [0.717, 1.165) is 51.0 Å². The Morgan fingerprint density at radius 2 is 1.59 bits per heavy atom. The van der Waals surface area contributed by atoms with E-state index in [2.05, 4.69) is 53.2 Å². The number of para-hydroxylation sites is 1. The molecule has 182 valence electrons. The van der Waals surface area contributed by atoms with E-state index in [1.165, 1.54) is 10.9 Å². The zero-order valence-corrected chi connectivity index (χ0v) is 20.9. The summed E-state index contributed by atoms with van der Waals surface area (Å²) in [5.74, 6) is 0.546. The summed E-state index contributed by atoms with van der Waals surface area (Å²) in [5, 5.41) is 6.21. The Hall–Kier alpha value is -4.64. The highest BCUT2D eigenvalue weighted by atomic mass is 16.5. The van der Waals surface area contributed by atoms with Crippen molar-refractivity contribution in [3.05, 3.63) is 103 Å². The first-order valence-electron chi connectivity index (χ1n) is 12.6. The van der Waals surface area contributed by atoms with Gasteiger partial charge in [0.25, 0.3) is 5.91 Å². The van der Waals surface area contributed by atoms with E-state index in [9.17, 15) is 4.79 Å². The monoisotopic (exact) mass is 485 g/mol. The molecular weight excluding hydrogens is 458 g/mol. The third-order valence-corrected chi connectivity index (χ3v) is 6.75. The Kier molecular flexibility index (Phi) is 5.81. The normalized spacial score (nSPS) is 11.3. The summed E-state index contributed by atoms with van der Waals surface area (Å²) >= 11 is 0. The molecule has 4 aromatic carbocycles. The Labute approximate surface area is 215 Å². The standard InChI is InChI=1S/C32H27N3O2/c1-3-35-29-13-9-8-12-24(29)25-19-23(15-17-30(25)35)33-32(36)22-14-16-27-26(18-22)31(37-4-2)20-28(34-27)21-10-6-5-7-11-21/h5-20H,3-4H2,1-2H3,(H,33,36). The van der Waals surface area contributed by atoms with Crippen LogP contribution in [0.1, 0.15) is 24.2 Å². The minimum atomic E-state index is -0.171. The molecular formula is C32H27N3O2. The molecule has 0 fully saturated rings. The van der Waals surface area contributed by atoms with Crippen LogP contribution in [-0.4, -0.2) is 22.1 Å². The third-order valence-electron chi connectivity index (χ3n) is 6.75. The summed E-state index contributed by atoms with van der Waals surface area (Å²) in [6.45, 7) is 5.51. The number of aryl methyl sites for hydroxylation is 1. The van der Waals surface area contributed by atoms with Crippen molar-refractivity contribution >= 4 is 44.3 Å². The maximum atomic E-state index is 13.3. The molecule has 5 nitrogen and oxygen atoms in total. The number of aromatic nitrogens is 2. The number of nitrogens with zero attached hydrogens (tertiary/aromatic N) is 2. The van der Waals surface area contributed by atoms with Crippen molar-refractivity contribution < 1.29 is 9.53 Å². The Bertz CT molecular complexity index is 1770. The van der Waals surface area contributed by atoms with Gasteiger partial charge in [-0.3, -0.25) is 4.79 Å². The number of pyridine rings is 1. The molecule has 0 aliphatic rings. The van der Waals surface area contributed by atoms with E-state index in [4.69, 9.17) is 9.72 Å². The van der Waals surface area contributed by atoms with Crippen molar-refractivity contribution in [3.63, 3.8) is 0 Å². The van der Waals surface area contributed by atoms with E-state index in [-0.39, 0.29) is 5.91 Å². The summed E-state index contributed by atoms with van der Waals surface area (Å²) in [6, 6.07) is 32.0. The molecule has 2 heterocycles. The second-order valence-electron chi connectivity index (χ2n) is 8.98. The molecule has 0 saturated heterocycles. The highest BCUT2D eigenvalue weighted by molar-refractivity contribution is 6.11. The van der Waals surface area contributed by atoms with Gasteiger partial charge in [0.15, 0.2) is 0 Å². The van der Waals surface area contributed by atoms with E-state index < -0.39 is 0 Å². The van der Waals surface area contributed by atoms with Crippen LogP contribution in [0.4, 0.5) is 5.69 Å². The molecule has 6 rings (SSSR count). The first-order chi connectivity index (χ1) is 18.2. The molecule has 0 aliphatic heterocycles. The smallest absolute Gasteiger partial charge is 0.255 e. The minimum absolute atomic E-state index is 0.171. The SMILES string of the molecule is CCOc1cc(-c2ccccc2)nc2ccc(C(=O)Nc3ccc4c(c3)c3ccccc3n4CC)cc12. The van der Waals surface area contributed by atoms with Crippen LogP contribution in [0.25, 0.3) is 44.0 Å². The van der Waals surface area contributed by atoms with Crippen LogP contribution in [0.3, 0.4) is 0 Å². The molecule has 0 atom stereocenters. The second-order valence-corrected chi connectivity index (χ2v) is 8.98. The van der Waals surface area contributed by atoms with Crippen molar-refractivity contribution in [3.8, 4) is 17.0 Å². The van der Waals surface area contributed by atoms with Crippen LogP contribution in [0, 0.1) is 0 Å². The molecule has 37 heavy (non-hydrogen) atoms. The van der Waals surface area contributed by atoms with E-state index in [0.29, 0.717) is 12.2 Å². The van der Waals surface area contributed by atoms with Gasteiger partial charge in [-0.15, -0.1) is 0 Å². The van der Waals surface area contributed by atoms with Crippen molar-refractivity contribution in [2.24, 2.45) is 0 Å². The van der Waals surface area contributed by atoms with Gasteiger partial charge in [-0.05, 0) is 56.3 Å². The van der Waals surface area contributed by atoms with Crippen LogP contribution in [0.5, 0.6) is 5.75 Å². The molecule has 0 bridgehead atoms. The van der Waals surface area contributed by atoms with Crippen LogP contribution in [0.15, 0.2) is 97.1 Å². The summed E-state index contributed by atoms with van der Waals surface area (Å²) in [7, 11) is 0. The average Bonchev–Trinajstić information content (AvgIpc) is 3.26. The zero-order chi connectivity index (χ0) is 25.4. The average molecular weight is 486 g/mol. The fraction of sp³-hybridized carbons (Fsp3) is 0.125. The number of carbonyl (C=O) groups excluding carboxylic acids is 1. The minimum Gasteiger partial charge on any atom is -0.493 e. The number of amides is 1. The van der Waals surface area contributed by atoms with Gasteiger partial charge in [0.1, 0.15) is 5.75 Å². The largest absolute Gasteiger partial charge is 0.493 e. The molecule has 0 radical (unpaired) electrons. The number of anilines is 1. The zero-order valence-electron chi connectivity index (χ0n) is 20.9. The number of hydrogen-bond acceptors (Lipinski definition) is 3. The number of carbonyl (C=O) groups is 1. The van der Waals surface area contributed by atoms with Gasteiger partial charge in [0.2, 0.25) is 0 Å². The molecule has 1 N–H and O–H groups in total. The summed E-state index contributed by atoms with van der Waals surface area (Å²) in [5.41, 5.74) is 6.33. The number of nitrogens with one attached hydrogen (secondary N) is 1. The highest BCUT2D eigenvalue weighted by Gasteiger charge is 2.14. The first-order valence-corrected chi connectivity index (χ1v) is 12.6.